The molecule has 2 N–H and O–H groups in total. The van der Waals surface area contributed by atoms with Gasteiger partial charge in [-0.05, 0) is 30.2 Å². The molecule has 1 aliphatic heterocycles. The molecule has 0 bridgehead atoms. The van der Waals surface area contributed by atoms with Gasteiger partial charge >= 0.3 is 6.09 Å². The average Bonchev–Trinajstić information content (AvgIpc) is 3.27. The molecule has 0 aliphatic carbocycles. The third-order valence-corrected chi connectivity index (χ3v) is 5.75. The van der Waals surface area contributed by atoms with Gasteiger partial charge in [0.25, 0.3) is 0 Å². The number of hydrogen-bond acceptors (Lipinski definition) is 7. The van der Waals surface area contributed by atoms with E-state index in [2.05, 4.69) is 53.2 Å². The van der Waals surface area contributed by atoms with E-state index in [1.54, 1.807) is 17.4 Å². The van der Waals surface area contributed by atoms with Gasteiger partial charge in [0.2, 0.25) is 5.88 Å². The van der Waals surface area contributed by atoms with Gasteiger partial charge < -0.3 is 20.1 Å². The number of piperidine rings is 1. The van der Waals surface area contributed by atoms with Crippen LogP contribution in [0.4, 0.5) is 15.7 Å². The Hall–Kier alpha value is -3.20. The Morgan fingerprint density at radius 1 is 1.18 bits per heavy atom. The van der Waals surface area contributed by atoms with Crippen molar-refractivity contribution in [3.63, 3.8) is 0 Å². The molecule has 8 nitrogen and oxygen atoms in total. The van der Waals surface area contributed by atoms with Crippen molar-refractivity contribution >= 4 is 28.4 Å². The second kappa shape index (κ2) is 12.2. The predicted molar refractivity (Wildman–Crippen MR) is 131 cm³/mol. The van der Waals surface area contributed by atoms with E-state index < -0.39 is 6.09 Å². The zero-order valence-corrected chi connectivity index (χ0v) is 20.1. The molecule has 1 aliphatic rings. The van der Waals surface area contributed by atoms with Gasteiger partial charge in [0.1, 0.15) is 12.1 Å². The Balaban J connectivity index is 0.000000709. The van der Waals surface area contributed by atoms with E-state index >= 15 is 0 Å². The number of rotatable bonds is 6. The number of benzene rings is 1. The van der Waals surface area contributed by atoms with Crippen molar-refractivity contribution in [2.45, 2.75) is 33.6 Å². The number of carbonyl (C=O) groups is 1. The molecule has 176 valence electrons. The zero-order chi connectivity index (χ0) is 23.6. The second-order valence-electron chi connectivity index (χ2n) is 8.52. The van der Waals surface area contributed by atoms with E-state index in [0.717, 1.165) is 34.3 Å². The first-order valence-electron chi connectivity index (χ1n) is 11.1. The highest BCUT2D eigenvalue weighted by atomic mass is 32.1. The van der Waals surface area contributed by atoms with Crippen molar-refractivity contribution in [2.75, 3.05) is 25.0 Å². The van der Waals surface area contributed by atoms with Crippen molar-refractivity contribution in [3.8, 4) is 16.3 Å². The quantitative estimate of drug-likeness (QED) is 0.472. The molecule has 1 aromatic carbocycles. The summed E-state index contributed by atoms with van der Waals surface area (Å²) < 4.78 is 5.82. The smallest absolute Gasteiger partial charge is 0.407 e. The highest BCUT2D eigenvalue weighted by Gasteiger charge is 2.22. The SMILES string of the molecule is CC(C)C.O=C(O)N1CCC(COc2cc(Nc3ncc(-c4ccccc4)s3)ncn2)CC1. The number of nitrogens with one attached hydrogen (secondary N) is 1. The molecule has 0 spiro atoms. The molecule has 1 fully saturated rings. The second-order valence-corrected chi connectivity index (χ2v) is 9.55. The largest absolute Gasteiger partial charge is 0.477 e. The Morgan fingerprint density at radius 3 is 2.55 bits per heavy atom. The number of ether oxygens (including phenoxy) is 1. The monoisotopic (exact) mass is 469 g/mol. The summed E-state index contributed by atoms with van der Waals surface area (Å²) in [5.74, 6) is 2.26. The van der Waals surface area contributed by atoms with Crippen LogP contribution >= 0.6 is 11.3 Å². The van der Waals surface area contributed by atoms with E-state index in [-0.39, 0.29) is 0 Å². The first kappa shape index (κ1) is 24.4. The number of nitrogens with zero attached hydrogens (tertiary/aromatic N) is 4. The Labute approximate surface area is 198 Å². The summed E-state index contributed by atoms with van der Waals surface area (Å²) in [6.07, 6.45) is 4.03. The van der Waals surface area contributed by atoms with E-state index in [1.165, 1.54) is 11.2 Å². The fraction of sp³-hybridized carbons (Fsp3) is 0.417. The molecule has 33 heavy (non-hydrogen) atoms. The van der Waals surface area contributed by atoms with Crippen molar-refractivity contribution < 1.29 is 14.6 Å². The van der Waals surface area contributed by atoms with Crippen LogP contribution in [0.2, 0.25) is 0 Å². The van der Waals surface area contributed by atoms with E-state index in [9.17, 15) is 4.79 Å². The molecule has 0 atom stereocenters. The minimum Gasteiger partial charge on any atom is -0.477 e. The number of amides is 1. The summed E-state index contributed by atoms with van der Waals surface area (Å²) >= 11 is 1.55. The molecule has 0 radical (unpaired) electrons. The summed E-state index contributed by atoms with van der Waals surface area (Å²) in [6, 6.07) is 11.8. The lowest BCUT2D eigenvalue weighted by Gasteiger charge is -2.29. The molecule has 9 heteroatoms. The lowest BCUT2D eigenvalue weighted by Crippen LogP contribution is -2.38. The molecule has 4 rings (SSSR count). The molecule has 0 saturated carbocycles. The Morgan fingerprint density at radius 2 is 1.88 bits per heavy atom. The van der Waals surface area contributed by atoms with Crippen LogP contribution in [-0.2, 0) is 0 Å². The van der Waals surface area contributed by atoms with E-state index in [4.69, 9.17) is 9.84 Å². The lowest BCUT2D eigenvalue weighted by atomic mass is 9.98. The van der Waals surface area contributed by atoms with E-state index in [1.807, 2.05) is 24.4 Å². The number of anilines is 2. The minimum atomic E-state index is -0.853. The number of carboxylic acid groups (broad SMARTS) is 1. The molecule has 3 heterocycles. The van der Waals surface area contributed by atoms with Gasteiger partial charge in [-0.15, -0.1) is 0 Å². The maximum atomic E-state index is 11.0. The van der Waals surface area contributed by atoms with Crippen LogP contribution in [0.3, 0.4) is 0 Å². The predicted octanol–water partition coefficient (Wildman–Crippen LogP) is 5.77. The van der Waals surface area contributed by atoms with Crippen LogP contribution in [0.15, 0.2) is 48.9 Å². The maximum Gasteiger partial charge on any atom is 0.407 e. The van der Waals surface area contributed by atoms with Crippen LogP contribution in [0, 0.1) is 11.8 Å². The molecular weight excluding hydrogens is 438 g/mol. The van der Waals surface area contributed by atoms with Gasteiger partial charge in [-0.2, -0.15) is 0 Å². The molecule has 0 unspecified atom stereocenters. The van der Waals surface area contributed by atoms with Crippen LogP contribution in [-0.4, -0.2) is 50.7 Å². The van der Waals surface area contributed by atoms with Crippen LogP contribution < -0.4 is 10.1 Å². The van der Waals surface area contributed by atoms with Gasteiger partial charge in [-0.3, -0.25) is 0 Å². The topological polar surface area (TPSA) is 100 Å². The number of thiazole rings is 1. The van der Waals surface area contributed by atoms with Gasteiger partial charge in [0.05, 0.1) is 11.5 Å². The third kappa shape index (κ3) is 8.02. The summed E-state index contributed by atoms with van der Waals surface area (Å²) in [5, 5.41) is 13.0. The third-order valence-electron chi connectivity index (χ3n) is 4.79. The minimum absolute atomic E-state index is 0.323. The number of aromatic nitrogens is 3. The average molecular weight is 470 g/mol. The molecule has 1 saturated heterocycles. The van der Waals surface area contributed by atoms with Gasteiger partial charge in [0.15, 0.2) is 5.13 Å². The summed E-state index contributed by atoms with van der Waals surface area (Å²) in [4.78, 5) is 26.3. The Kier molecular flexibility index (Phi) is 9.00. The summed E-state index contributed by atoms with van der Waals surface area (Å²) in [6.45, 7) is 8.11. The van der Waals surface area contributed by atoms with Gasteiger partial charge in [-0.1, -0.05) is 62.4 Å². The summed E-state index contributed by atoms with van der Waals surface area (Å²) in [7, 11) is 0. The Bertz CT molecular complexity index is 1000. The zero-order valence-electron chi connectivity index (χ0n) is 19.3. The number of likely N-dealkylation sites (tertiary alicyclic amines) is 1. The van der Waals surface area contributed by atoms with Crippen molar-refractivity contribution in [2.24, 2.45) is 11.8 Å². The highest BCUT2D eigenvalue weighted by molar-refractivity contribution is 7.18. The fourth-order valence-electron chi connectivity index (χ4n) is 3.16. The molecular formula is C24H31N5O3S. The van der Waals surface area contributed by atoms with Gasteiger partial charge in [0, 0.05) is 25.4 Å². The molecule has 1 amide bonds. The normalized spacial score (nSPS) is 13.9. The molecule has 2 aromatic heterocycles. The van der Waals surface area contributed by atoms with Gasteiger partial charge in [-0.25, -0.2) is 19.7 Å². The fourth-order valence-corrected chi connectivity index (χ4v) is 3.99. The lowest BCUT2D eigenvalue weighted by molar-refractivity contribution is 0.111. The molecule has 3 aromatic rings. The van der Waals surface area contributed by atoms with Crippen molar-refractivity contribution in [3.05, 3.63) is 48.9 Å². The van der Waals surface area contributed by atoms with Crippen LogP contribution in [0.1, 0.15) is 33.6 Å². The maximum absolute atomic E-state index is 11.0. The van der Waals surface area contributed by atoms with Crippen molar-refractivity contribution in [1.29, 1.82) is 0 Å². The van der Waals surface area contributed by atoms with Crippen molar-refractivity contribution in [1.82, 2.24) is 19.9 Å². The van der Waals surface area contributed by atoms with Crippen LogP contribution in [0.25, 0.3) is 10.4 Å². The number of hydrogen-bond donors (Lipinski definition) is 2. The highest BCUT2D eigenvalue weighted by Crippen LogP contribution is 2.30. The van der Waals surface area contributed by atoms with E-state index in [0.29, 0.717) is 37.3 Å². The standard InChI is InChI=1S/C20H21N5O3S.C4H10/c26-20(27)25-8-6-14(7-9-25)12-28-18-10-17(22-13-23-18)24-19-21-11-16(29-19)15-4-2-1-3-5-15;1-4(2)3/h1-5,10-11,13-14H,6-9,12H2,(H,26,27)(H,21,22,23,24);4H,1-3H3. The van der Waals surface area contributed by atoms with Crippen LogP contribution in [0.5, 0.6) is 5.88 Å². The summed E-state index contributed by atoms with van der Waals surface area (Å²) in [5.41, 5.74) is 1.12. The first-order valence-corrected chi connectivity index (χ1v) is 11.9. The first-order chi connectivity index (χ1) is 15.9.